The van der Waals surface area contributed by atoms with Crippen molar-refractivity contribution in [3.63, 3.8) is 0 Å². The minimum Gasteiger partial charge on any atom is -0.399 e. The van der Waals surface area contributed by atoms with Crippen molar-refractivity contribution in [3.8, 4) is 0 Å². The number of carbonyl (C=O) groups is 1. The van der Waals surface area contributed by atoms with Crippen LogP contribution in [0.2, 0.25) is 5.02 Å². The van der Waals surface area contributed by atoms with E-state index >= 15 is 0 Å². The number of aryl methyl sites for hydroxylation is 1. The number of nitrogens with zero attached hydrogens (tertiary/aromatic N) is 1. The van der Waals surface area contributed by atoms with Crippen LogP contribution < -0.4 is 5.73 Å². The number of halogens is 1. The van der Waals surface area contributed by atoms with Crippen LogP contribution in [0, 0.1) is 6.92 Å². The van der Waals surface area contributed by atoms with Gasteiger partial charge in [0.15, 0.2) is 0 Å². The Labute approximate surface area is 130 Å². The Bertz CT molecular complexity index is 638. The lowest BCUT2D eigenvalue weighted by molar-refractivity contribution is 0.0752. The van der Waals surface area contributed by atoms with Crippen LogP contribution in [0.15, 0.2) is 42.5 Å². The molecule has 21 heavy (non-hydrogen) atoms. The normalized spacial score (nSPS) is 10.4. The van der Waals surface area contributed by atoms with Gasteiger partial charge in [-0.1, -0.05) is 35.9 Å². The smallest absolute Gasteiger partial charge is 0.255 e. The Kier molecular flexibility index (Phi) is 4.86. The van der Waals surface area contributed by atoms with Gasteiger partial charge >= 0.3 is 0 Å². The number of hydrogen-bond donors (Lipinski definition) is 1. The van der Waals surface area contributed by atoms with Crippen molar-refractivity contribution >= 4 is 23.2 Å². The minimum atomic E-state index is -0.0528. The number of amides is 1. The van der Waals surface area contributed by atoms with E-state index in [0.29, 0.717) is 23.7 Å². The summed E-state index contributed by atoms with van der Waals surface area (Å²) in [5.41, 5.74) is 8.90. The molecule has 0 fully saturated rings. The minimum absolute atomic E-state index is 0.0528. The summed E-state index contributed by atoms with van der Waals surface area (Å²) in [6, 6.07) is 13.1. The topological polar surface area (TPSA) is 46.3 Å². The Hall–Kier alpha value is -2.00. The standard InChI is InChI=1S/C17H19ClN2O/c1-3-20(11-13-7-9-14(19)10-8-13)17(21)15-6-4-5-12(2)16(15)18/h4-10H,3,11,19H2,1-2H3. The van der Waals surface area contributed by atoms with Gasteiger partial charge in [-0.15, -0.1) is 0 Å². The molecule has 0 unspecified atom stereocenters. The molecule has 0 radical (unpaired) electrons. The second kappa shape index (κ2) is 6.64. The number of carbonyl (C=O) groups excluding carboxylic acids is 1. The summed E-state index contributed by atoms with van der Waals surface area (Å²) < 4.78 is 0. The van der Waals surface area contributed by atoms with Gasteiger partial charge in [0.25, 0.3) is 5.91 Å². The summed E-state index contributed by atoms with van der Waals surface area (Å²) in [6.07, 6.45) is 0. The fourth-order valence-corrected chi connectivity index (χ4v) is 2.36. The summed E-state index contributed by atoms with van der Waals surface area (Å²) in [6.45, 7) is 5.02. The lowest BCUT2D eigenvalue weighted by Crippen LogP contribution is -2.30. The lowest BCUT2D eigenvalue weighted by atomic mass is 10.1. The zero-order chi connectivity index (χ0) is 15.4. The Balaban J connectivity index is 2.22. The van der Waals surface area contributed by atoms with Crippen molar-refractivity contribution in [2.45, 2.75) is 20.4 Å². The highest BCUT2D eigenvalue weighted by molar-refractivity contribution is 6.34. The lowest BCUT2D eigenvalue weighted by Gasteiger charge is -2.22. The maximum atomic E-state index is 12.6. The molecule has 3 nitrogen and oxygen atoms in total. The molecule has 0 spiro atoms. The van der Waals surface area contributed by atoms with Gasteiger partial charge in [0.05, 0.1) is 10.6 Å². The molecule has 2 aromatic rings. The van der Waals surface area contributed by atoms with Gasteiger partial charge in [-0.3, -0.25) is 4.79 Å². The van der Waals surface area contributed by atoms with Crippen LogP contribution >= 0.6 is 11.6 Å². The summed E-state index contributed by atoms with van der Waals surface area (Å²) in [5, 5.41) is 0.526. The van der Waals surface area contributed by atoms with Crippen molar-refractivity contribution in [2.75, 3.05) is 12.3 Å². The molecule has 0 aliphatic heterocycles. The first kappa shape index (κ1) is 15.4. The third kappa shape index (κ3) is 3.56. The predicted octanol–water partition coefficient (Wildman–Crippen LogP) is 3.89. The van der Waals surface area contributed by atoms with E-state index in [-0.39, 0.29) is 5.91 Å². The van der Waals surface area contributed by atoms with Gasteiger partial charge in [0.2, 0.25) is 0 Å². The predicted molar refractivity (Wildman–Crippen MR) is 87.5 cm³/mol. The van der Waals surface area contributed by atoms with Crippen LogP contribution in [0.25, 0.3) is 0 Å². The summed E-state index contributed by atoms with van der Waals surface area (Å²) in [5.74, 6) is -0.0528. The van der Waals surface area contributed by atoms with Crippen molar-refractivity contribution in [3.05, 3.63) is 64.2 Å². The van der Waals surface area contributed by atoms with Crippen LogP contribution in [-0.2, 0) is 6.54 Å². The Morgan fingerprint density at radius 3 is 2.48 bits per heavy atom. The zero-order valence-electron chi connectivity index (χ0n) is 12.3. The summed E-state index contributed by atoms with van der Waals surface area (Å²) >= 11 is 6.25. The fourth-order valence-electron chi connectivity index (χ4n) is 2.15. The molecule has 2 aromatic carbocycles. The van der Waals surface area contributed by atoms with E-state index in [1.807, 2.05) is 50.2 Å². The third-order valence-electron chi connectivity index (χ3n) is 3.44. The van der Waals surface area contributed by atoms with Crippen molar-refractivity contribution < 1.29 is 4.79 Å². The Morgan fingerprint density at radius 1 is 1.19 bits per heavy atom. The maximum absolute atomic E-state index is 12.6. The molecular formula is C17H19ClN2O. The molecule has 2 N–H and O–H groups in total. The maximum Gasteiger partial charge on any atom is 0.255 e. The van der Waals surface area contributed by atoms with Crippen LogP contribution in [0.3, 0.4) is 0 Å². The molecule has 1 amide bonds. The van der Waals surface area contributed by atoms with Crippen molar-refractivity contribution in [1.29, 1.82) is 0 Å². The molecule has 0 aliphatic rings. The molecule has 0 heterocycles. The van der Waals surface area contributed by atoms with Gasteiger partial charge in [0.1, 0.15) is 0 Å². The highest BCUT2D eigenvalue weighted by Gasteiger charge is 2.18. The quantitative estimate of drug-likeness (QED) is 0.871. The number of rotatable bonds is 4. The zero-order valence-corrected chi connectivity index (χ0v) is 13.0. The molecular weight excluding hydrogens is 284 g/mol. The third-order valence-corrected chi connectivity index (χ3v) is 3.95. The van der Waals surface area contributed by atoms with Crippen molar-refractivity contribution in [2.24, 2.45) is 0 Å². The first-order valence-electron chi connectivity index (χ1n) is 6.91. The van der Waals surface area contributed by atoms with Gasteiger partial charge in [-0.05, 0) is 43.2 Å². The van der Waals surface area contributed by atoms with E-state index in [1.165, 1.54) is 0 Å². The Morgan fingerprint density at radius 2 is 1.86 bits per heavy atom. The molecule has 2 rings (SSSR count). The largest absolute Gasteiger partial charge is 0.399 e. The van der Waals surface area contributed by atoms with E-state index in [2.05, 4.69) is 0 Å². The molecule has 0 saturated heterocycles. The van der Waals surface area contributed by atoms with E-state index in [0.717, 1.165) is 16.8 Å². The second-order valence-corrected chi connectivity index (χ2v) is 5.38. The monoisotopic (exact) mass is 302 g/mol. The molecule has 4 heteroatoms. The van der Waals surface area contributed by atoms with Crippen LogP contribution in [0.5, 0.6) is 0 Å². The summed E-state index contributed by atoms with van der Waals surface area (Å²) in [7, 11) is 0. The summed E-state index contributed by atoms with van der Waals surface area (Å²) in [4.78, 5) is 14.4. The van der Waals surface area contributed by atoms with Gasteiger partial charge < -0.3 is 10.6 Å². The average Bonchev–Trinajstić information content (AvgIpc) is 2.49. The second-order valence-electron chi connectivity index (χ2n) is 5.00. The molecule has 0 aromatic heterocycles. The van der Waals surface area contributed by atoms with Crippen molar-refractivity contribution in [1.82, 2.24) is 4.90 Å². The molecule has 0 saturated carbocycles. The SMILES string of the molecule is CCN(Cc1ccc(N)cc1)C(=O)c1cccc(C)c1Cl. The number of anilines is 1. The highest BCUT2D eigenvalue weighted by Crippen LogP contribution is 2.22. The van der Waals surface area contributed by atoms with Gasteiger partial charge in [-0.25, -0.2) is 0 Å². The highest BCUT2D eigenvalue weighted by atomic mass is 35.5. The van der Waals surface area contributed by atoms with E-state index < -0.39 is 0 Å². The fraction of sp³-hybridized carbons (Fsp3) is 0.235. The number of nitrogens with two attached hydrogens (primary N) is 1. The first-order valence-corrected chi connectivity index (χ1v) is 7.29. The van der Waals surface area contributed by atoms with Crippen LogP contribution in [0.4, 0.5) is 5.69 Å². The average molecular weight is 303 g/mol. The molecule has 0 atom stereocenters. The van der Waals surface area contributed by atoms with E-state index in [4.69, 9.17) is 17.3 Å². The van der Waals surface area contributed by atoms with Gasteiger partial charge in [0, 0.05) is 18.8 Å². The number of nitrogen functional groups attached to an aromatic ring is 1. The van der Waals surface area contributed by atoms with Crippen LogP contribution in [0.1, 0.15) is 28.4 Å². The first-order chi connectivity index (χ1) is 10.0. The number of benzene rings is 2. The van der Waals surface area contributed by atoms with E-state index in [1.54, 1.807) is 11.0 Å². The molecule has 0 aliphatic carbocycles. The number of hydrogen-bond acceptors (Lipinski definition) is 2. The molecule has 110 valence electrons. The molecule has 0 bridgehead atoms. The van der Waals surface area contributed by atoms with Gasteiger partial charge in [-0.2, -0.15) is 0 Å². The van der Waals surface area contributed by atoms with E-state index in [9.17, 15) is 4.79 Å². The van der Waals surface area contributed by atoms with Crippen LogP contribution in [-0.4, -0.2) is 17.4 Å².